The lowest BCUT2D eigenvalue weighted by Crippen LogP contribution is -2.25. The van der Waals surface area contributed by atoms with Gasteiger partial charge in [-0.05, 0) is 41.5 Å². The van der Waals surface area contributed by atoms with Crippen molar-refractivity contribution in [2.45, 2.75) is 18.8 Å². The van der Waals surface area contributed by atoms with Crippen molar-refractivity contribution in [3.8, 4) is 11.3 Å². The van der Waals surface area contributed by atoms with Gasteiger partial charge in [0.1, 0.15) is 0 Å². The number of nitrogens with zero attached hydrogens (tertiary/aromatic N) is 3. The third kappa shape index (κ3) is 5.53. The van der Waals surface area contributed by atoms with Crippen LogP contribution in [0.15, 0.2) is 82.3 Å². The average Bonchev–Trinajstić information content (AvgIpc) is 3.18. The van der Waals surface area contributed by atoms with Gasteiger partial charge in [0.15, 0.2) is 0 Å². The Bertz CT molecular complexity index is 1580. The summed E-state index contributed by atoms with van der Waals surface area (Å²) in [7, 11) is -4.49. The summed E-state index contributed by atoms with van der Waals surface area (Å²) < 4.78 is 47.2. The molecule has 2 heterocycles. The molecular formula is C25H21BrF2N3O6P. The van der Waals surface area contributed by atoms with Crippen molar-refractivity contribution in [2.24, 2.45) is 0 Å². The molecule has 0 atom stereocenters. The molecule has 2 N–H and O–H groups in total. The number of ether oxygens (including phenoxy) is 1. The molecule has 0 fully saturated rings. The van der Waals surface area contributed by atoms with E-state index in [1.165, 1.54) is 28.4 Å². The van der Waals surface area contributed by atoms with E-state index in [2.05, 4.69) is 20.9 Å². The third-order valence-corrected chi connectivity index (χ3v) is 7.40. The second-order valence-electron chi connectivity index (χ2n) is 8.30. The van der Waals surface area contributed by atoms with Crippen molar-refractivity contribution >= 4 is 29.5 Å². The fraction of sp³-hybridized carbons (Fsp3) is 0.160. The van der Waals surface area contributed by atoms with Crippen molar-refractivity contribution in [1.82, 2.24) is 14.1 Å². The minimum absolute atomic E-state index is 0.0392. The molecule has 0 aliphatic heterocycles. The standard InChI is InChI=1S/C25H21BrF2N3O6P/c1-37-23(32)18-8-6-17(7-9-18)22-15-30(14-19-4-2-3-11-29-19)24(33)31(22)13-16-5-10-20(21(26)12-16)25(27,28)38(34,35)36/h2-12,15H,13-14H2,1H3,(H2,34,35,36). The molecule has 198 valence electrons. The lowest BCUT2D eigenvalue weighted by Gasteiger charge is -2.19. The fourth-order valence-corrected chi connectivity index (χ4v) is 5.17. The van der Waals surface area contributed by atoms with Crippen molar-refractivity contribution < 1.29 is 32.7 Å². The van der Waals surface area contributed by atoms with Gasteiger partial charge in [0.2, 0.25) is 0 Å². The molecule has 38 heavy (non-hydrogen) atoms. The Hall–Kier alpha value is -3.44. The van der Waals surface area contributed by atoms with Gasteiger partial charge in [0.25, 0.3) is 0 Å². The van der Waals surface area contributed by atoms with E-state index >= 15 is 0 Å². The van der Waals surface area contributed by atoms with E-state index in [4.69, 9.17) is 14.5 Å². The highest BCUT2D eigenvalue weighted by Crippen LogP contribution is 2.60. The number of carbonyl (C=O) groups is 1. The first-order valence-electron chi connectivity index (χ1n) is 11.0. The van der Waals surface area contributed by atoms with E-state index in [1.807, 2.05) is 0 Å². The van der Waals surface area contributed by atoms with Crippen LogP contribution in [0, 0.1) is 0 Å². The molecule has 13 heteroatoms. The van der Waals surface area contributed by atoms with Gasteiger partial charge in [-0.1, -0.05) is 46.3 Å². The Morgan fingerprint density at radius 2 is 1.82 bits per heavy atom. The van der Waals surface area contributed by atoms with E-state index in [0.29, 0.717) is 28.1 Å². The summed E-state index contributed by atoms with van der Waals surface area (Å²) in [5.74, 6) is -0.515. The largest absolute Gasteiger partial charge is 0.465 e. The number of rotatable bonds is 8. The van der Waals surface area contributed by atoms with Crippen LogP contribution in [-0.4, -0.2) is 37.0 Å². The van der Waals surface area contributed by atoms with Crippen molar-refractivity contribution in [1.29, 1.82) is 0 Å². The number of benzene rings is 2. The number of pyridine rings is 1. The van der Waals surface area contributed by atoms with Gasteiger partial charge in [-0.2, -0.15) is 8.78 Å². The number of hydrogen-bond donors (Lipinski definition) is 2. The number of imidazole rings is 1. The molecule has 2 aromatic heterocycles. The maximum Gasteiger partial charge on any atom is 0.399 e. The van der Waals surface area contributed by atoms with Gasteiger partial charge in [-0.15, -0.1) is 0 Å². The first kappa shape index (κ1) is 27.6. The second-order valence-corrected chi connectivity index (χ2v) is 10.8. The van der Waals surface area contributed by atoms with Crippen LogP contribution in [-0.2, 0) is 28.1 Å². The summed E-state index contributed by atoms with van der Waals surface area (Å²) in [4.78, 5) is 47.7. The minimum Gasteiger partial charge on any atom is -0.465 e. The zero-order valence-corrected chi connectivity index (χ0v) is 22.3. The molecule has 2 aromatic carbocycles. The molecule has 0 saturated heterocycles. The van der Waals surface area contributed by atoms with Gasteiger partial charge in [0.05, 0.1) is 37.2 Å². The zero-order chi connectivity index (χ0) is 27.7. The lowest BCUT2D eigenvalue weighted by molar-refractivity contribution is 0.0557. The molecule has 4 rings (SSSR count). The minimum atomic E-state index is -5.76. The molecular weight excluding hydrogens is 587 g/mol. The summed E-state index contributed by atoms with van der Waals surface area (Å²) in [6.45, 7) is 0.138. The predicted octanol–water partition coefficient (Wildman–Crippen LogP) is 4.58. The van der Waals surface area contributed by atoms with E-state index in [-0.39, 0.29) is 17.6 Å². The van der Waals surface area contributed by atoms with Crippen LogP contribution in [0.2, 0.25) is 0 Å². The van der Waals surface area contributed by atoms with Crippen LogP contribution in [0.25, 0.3) is 11.3 Å². The van der Waals surface area contributed by atoms with E-state index in [0.717, 1.165) is 6.07 Å². The molecule has 0 radical (unpaired) electrons. The average molecular weight is 608 g/mol. The molecule has 0 amide bonds. The first-order valence-corrected chi connectivity index (χ1v) is 13.4. The highest BCUT2D eigenvalue weighted by Gasteiger charge is 2.51. The number of esters is 1. The second kappa shape index (κ2) is 10.7. The molecule has 0 unspecified atom stereocenters. The quantitative estimate of drug-likeness (QED) is 0.222. The predicted molar refractivity (Wildman–Crippen MR) is 138 cm³/mol. The molecule has 9 nitrogen and oxygen atoms in total. The maximum absolute atomic E-state index is 14.3. The molecule has 0 aliphatic rings. The highest BCUT2D eigenvalue weighted by molar-refractivity contribution is 9.10. The zero-order valence-electron chi connectivity index (χ0n) is 19.8. The van der Waals surface area contributed by atoms with Crippen LogP contribution in [0.1, 0.15) is 27.2 Å². The van der Waals surface area contributed by atoms with Gasteiger partial charge in [0, 0.05) is 22.4 Å². The molecule has 0 bridgehead atoms. The number of aromatic nitrogens is 3. The van der Waals surface area contributed by atoms with E-state index < -0.39 is 30.5 Å². The van der Waals surface area contributed by atoms with Crippen LogP contribution < -0.4 is 5.69 Å². The van der Waals surface area contributed by atoms with Gasteiger partial charge in [-0.25, -0.2) is 9.59 Å². The summed E-state index contributed by atoms with van der Waals surface area (Å²) in [6.07, 6.45) is 3.24. The third-order valence-electron chi connectivity index (χ3n) is 5.77. The fourth-order valence-electron chi connectivity index (χ4n) is 3.83. The monoisotopic (exact) mass is 607 g/mol. The molecule has 0 saturated carbocycles. The SMILES string of the molecule is COC(=O)c1ccc(-c2cn(Cc3ccccn3)c(=O)n2Cc2ccc(C(F)(F)P(=O)(O)O)c(Br)c2)cc1. The number of hydrogen-bond acceptors (Lipinski definition) is 5. The summed E-state index contributed by atoms with van der Waals surface area (Å²) in [5, 5.41) is 0. The van der Waals surface area contributed by atoms with E-state index in [9.17, 15) is 22.9 Å². The smallest absolute Gasteiger partial charge is 0.399 e. The Balaban J connectivity index is 1.76. The van der Waals surface area contributed by atoms with Crippen LogP contribution in [0.5, 0.6) is 0 Å². The van der Waals surface area contributed by atoms with Crippen molar-refractivity contribution in [3.63, 3.8) is 0 Å². The summed E-state index contributed by atoms with van der Waals surface area (Å²) >= 11 is 2.98. The lowest BCUT2D eigenvalue weighted by atomic mass is 10.1. The molecule has 0 aliphatic carbocycles. The van der Waals surface area contributed by atoms with Gasteiger partial charge in [-0.3, -0.25) is 18.7 Å². The van der Waals surface area contributed by atoms with E-state index in [1.54, 1.807) is 54.9 Å². The number of methoxy groups -OCH3 is 1. The normalized spacial score (nSPS) is 11.9. The number of halogens is 3. The molecule has 4 aromatic rings. The Morgan fingerprint density at radius 3 is 2.39 bits per heavy atom. The van der Waals surface area contributed by atoms with Crippen molar-refractivity contribution in [3.05, 3.63) is 110 Å². The Labute approximate surface area is 223 Å². The van der Waals surface area contributed by atoms with Gasteiger partial charge >= 0.3 is 24.9 Å². The maximum atomic E-state index is 14.3. The molecule has 0 spiro atoms. The topological polar surface area (TPSA) is 124 Å². The first-order chi connectivity index (χ1) is 17.9. The highest BCUT2D eigenvalue weighted by atomic mass is 79.9. The van der Waals surface area contributed by atoms with Crippen LogP contribution in [0.3, 0.4) is 0 Å². The Morgan fingerprint density at radius 1 is 1.11 bits per heavy atom. The summed E-state index contributed by atoms with van der Waals surface area (Å²) in [5.41, 5.74) is -3.17. The Kier molecular flexibility index (Phi) is 7.80. The van der Waals surface area contributed by atoms with Crippen molar-refractivity contribution in [2.75, 3.05) is 7.11 Å². The number of carbonyl (C=O) groups excluding carboxylic acids is 1. The van der Waals surface area contributed by atoms with Crippen LogP contribution >= 0.6 is 23.5 Å². The van der Waals surface area contributed by atoms with Crippen LogP contribution in [0.4, 0.5) is 8.78 Å². The number of alkyl halides is 2. The van der Waals surface area contributed by atoms with Gasteiger partial charge < -0.3 is 14.5 Å². The summed E-state index contributed by atoms with van der Waals surface area (Å²) in [6, 6.07) is 15.2.